The summed E-state index contributed by atoms with van der Waals surface area (Å²) in [7, 11) is 0. The fraction of sp³-hybridized carbons (Fsp3) is 0.293. The maximum absolute atomic E-state index is 2.63. The summed E-state index contributed by atoms with van der Waals surface area (Å²) in [6, 6.07) is 31.3. The monoisotopic (exact) mass is 626 g/mol. The first-order chi connectivity index (χ1) is 20.6. The molecule has 4 aromatic carbocycles. The van der Waals surface area contributed by atoms with Gasteiger partial charge < -0.3 is 0 Å². The van der Waals surface area contributed by atoms with Crippen LogP contribution in [0.3, 0.4) is 0 Å². The van der Waals surface area contributed by atoms with Gasteiger partial charge >= 0.3 is 263 Å². The molecule has 2 aliphatic rings. The van der Waals surface area contributed by atoms with Crippen LogP contribution in [-0.4, -0.2) is 3.21 Å². The third-order valence-electron chi connectivity index (χ3n) is 9.15. The molecule has 6 rings (SSSR count). The van der Waals surface area contributed by atoms with Crippen molar-refractivity contribution in [1.82, 2.24) is 0 Å². The van der Waals surface area contributed by atoms with Crippen LogP contribution in [0.15, 0.2) is 100 Å². The van der Waals surface area contributed by atoms with E-state index in [4.69, 9.17) is 0 Å². The second-order valence-electron chi connectivity index (χ2n) is 12.3. The SMILES string of the molecule is CCCCc1ccc([C](c2ccc(CCCC)cc2)=[Zr]([C]2=CC=CC2)[c]2c(C)ccc3c2Cc2cc(C)ccc2-3)cc1. The first-order valence-electron chi connectivity index (χ1n) is 16.1. The average Bonchev–Trinajstić information content (AvgIpc) is 3.67. The predicted molar refractivity (Wildman–Crippen MR) is 179 cm³/mol. The van der Waals surface area contributed by atoms with Crippen molar-refractivity contribution in [3.05, 3.63) is 145 Å². The summed E-state index contributed by atoms with van der Waals surface area (Å²) in [6.07, 6.45) is 16.6. The number of aryl methyl sites for hydroxylation is 4. The van der Waals surface area contributed by atoms with Gasteiger partial charge in [-0.1, -0.05) is 0 Å². The van der Waals surface area contributed by atoms with E-state index < -0.39 is 21.3 Å². The van der Waals surface area contributed by atoms with Crippen LogP contribution in [0.4, 0.5) is 0 Å². The van der Waals surface area contributed by atoms with E-state index in [9.17, 15) is 0 Å². The number of fused-ring (bicyclic) bond motifs is 3. The Morgan fingerprint density at radius 1 is 0.714 bits per heavy atom. The fourth-order valence-corrected chi connectivity index (χ4v) is 15.2. The van der Waals surface area contributed by atoms with Gasteiger partial charge in [-0.15, -0.1) is 0 Å². The Bertz CT molecular complexity index is 1620. The Balaban J connectivity index is 1.60. The summed E-state index contributed by atoms with van der Waals surface area (Å²) in [5, 5.41) is 0. The van der Waals surface area contributed by atoms with Gasteiger partial charge in [-0.05, 0) is 0 Å². The fourth-order valence-electron chi connectivity index (χ4n) is 6.84. The Morgan fingerprint density at radius 3 is 1.90 bits per heavy atom. The van der Waals surface area contributed by atoms with Gasteiger partial charge in [0.15, 0.2) is 0 Å². The molecule has 0 atom stereocenters. The molecule has 0 aliphatic heterocycles. The van der Waals surface area contributed by atoms with Gasteiger partial charge in [-0.25, -0.2) is 0 Å². The minimum absolute atomic E-state index is 1.06. The number of hydrogen-bond acceptors (Lipinski definition) is 0. The molecule has 0 saturated heterocycles. The third kappa shape index (κ3) is 5.96. The van der Waals surface area contributed by atoms with E-state index in [1.165, 1.54) is 88.6 Å². The van der Waals surface area contributed by atoms with Crippen LogP contribution < -0.4 is 3.27 Å². The average molecular weight is 628 g/mol. The molecule has 212 valence electrons. The van der Waals surface area contributed by atoms with E-state index in [1.54, 1.807) is 15.3 Å². The van der Waals surface area contributed by atoms with Crippen LogP contribution in [0.1, 0.15) is 90.5 Å². The van der Waals surface area contributed by atoms with E-state index in [1.807, 2.05) is 0 Å². The molecule has 0 radical (unpaired) electrons. The van der Waals surface area contributed by atoms with Crippen molar-refractivity contribution in [2.45, 2.75) is 79.1 Å². The molecule has 0 unspecified atom stereocenters. The molecule has 0 nitrogen and oxygen atoms in total. The van der Waals surface area contributed by atoms with Crippen molar-refractivity contribution < 1.29 is 21.3 Å². The van der Waals surface area contributed by atoms with Gasteiger partial charge in [0.05, 0.1) is 0 Å². The molecular formula is C41H44Zr. The van der Waals surface area contributed by atoms with Gasteiger partial charge in [0.25, 0.3) is 0 Å². The van der Waals surface area contributed by atoms with Gasteiger partial charge in [-0.3, -0.25) is 0 Å². The van der Waals surface area contributed by atoms with Crippen LogP contribution in [0.2, 0.25) is 0 Å². The first-order valence-corrected chi connectivity index (χ1v) is 19.8. The first kappa shape index (κ1) is 29.2. The molecule has 0 N–H and O–H groups in total. The quantitative estimate of drug-likeness (QED) is 0.145. The Kier molecular flexibility index (Phi) is 9.16. The zero-order valence-corrected chi connectivity index (χ0v) is 28.4. The van der Waals surface area contributed by atoms with Gasteiger partial charge in [-0.2, -0.15) is 0 Å². The van der Waals surface area contributed by atoms with Crippen molar-refractivity contribution >= 4 is 6.48 Å². The minimum atomic E-state index is -2.63. The molecule has 0 bridgehead atoms. The maximum atomic E-state index is 2.48. The molecule has 2 aliphatic carbocycles. The summed E-state index contributed by atoms with van der Waals surface area (Å²) in [5.74, 6) is 0. The van der Waals surface area contributed by atoms with Crippen molar-refractivity contribution in [1.29, 1.82) is 0 Å². The number of benzene rings is 4. The van der Waals surface area contributed by atoms with Crippen molar-refractivity contribution in [3.8, 4) is 11.1 Å². The summed E-state index contributed by atoms with van der Waals surface area (Å²) >= 11 is -2.63. The number of rotatable bonds is 10. The van der Waals surface area contributed by atoms with Crippen LogP contribution in [0.25, 0.3) is 11.1 Å². The molecule has 42 heavy (non-hydrogen) atoms. The van der Waals surface area contributed by atoms with E-state index >= 15 is 0 Å². The zero-order chi connectivity index (χ0) is 29.1. The molecule has 0 saturated carbocycles. The molecular weight excluding hydrogens is 584 g/mol. The third-order valence-corrected chi connectivity index (χ3v) is 17.2. The number of allylic oxidation sites excluding steroid dienone is 4. The molecule has 0 aromatic heterocycles. The molecule has 4 aromatic rings. The predicted octanol–water partition coefficient (Wildman–Crippen LogP) is 9.92. The van der Waals surface area contributed by atoms with Crippen LogP contribution >= 0.6 is 0 Å². The molecule has 0 amide bonds. The standard InChI is InChI=1S/C21H26.C15H13.C5H5.Zr/c1-3-5-7-18-9-13-20(14-10-18)17-21-15-11-19(12-16-21)8-6-4-2;1-10-3-5-14-12(7-10)9-13-8-11(2)4-6-15(13)14;1-2-4-5-3-1;/h9-16H,3-8H2,1-2H3;3-7H,9H2,1-2H3;1-3H,4H2;. The van der Waals surface area contributed by atoms with Gasteiger partial charge in [0.2, 0.25) is 0 Å². The van der Waals surface area contributed by atoms with Gasteiger partial charge in [0, 0.05) is 0 Å². The molecule has 0 fully saturated rings. The summed E-state index contributed by atoms with van der Waals surface area (Å²) in [6.45, 7) is 9.18. The Morgan fingerprint density at radius 2 is 1.33 bits per heavy atom. The van der Waals surface area contributed by atoms with Crippen molar-refractivity contribution in [2.24, 2.45) is 0 Å². The summed E-state index contributed by atoms with van der Waals surface area (Å²) < 4.78 is 5.04. The Labute approximate surface area is 261 Å². The van der Waals surface area contributed by atoms with Crippen molar-refractivity contribution in [2.75, 3.05) is 0 Å². The normalized spacial score (nSPS) is 13.2. The van der Waals surface area contributed by atoms with E-state index in [2.05, 4.69) is 125 Å². The number of hydrogen-bond donors (Lipinski definition) is 0. The topological polar surface area (TPSA) is 0 Å². The van der Waals surface area contributed by atoms with E-state index in [-0.39, 0.29) is 0 Å². The van der Waals surface area contributed by atoms with Crippen LogP contribution in [0, 0.1) is 13.8 Å². The second kappa shape index (κ2) is 13.2. The van der Waals surface area contributed by atoms with E-state index in [0.29, 0.717) is 0 Å². The molecule has 0 heterocycles. The van der Waals surface area contributed by atoms with E-state index in [0.717, 1.165) is 12.8 Å². The summed E-state index contributed by atoms with van der Waals surface area (Å²) in [4.78, 5) is 0. The van der Waals surface area contributed by atoms with Gasteiger partial charge in [0.1, 0.15) is 0 Å². The zero-order valence-electron chi connectivity index (χ0n) is 25.9. The number of unbranched alkanes of at least 4 members (excludes halogenated alkanes) is 2. The molecule has 0 spiro atoms. The Hall–Kier alpha value is -2.89. The van der Waals surface area contributed by atoms with Crippen LogP contribution in [-0.2, 0) is 40.5 Å². The molecule has 1 heteroatoms. The second-order valence-corrected chi connectivity index (χ2v) is 18.2. The van der Waals surface area contributed by atoms with Crippen molar-refractivity contribution in [3.63, 3.8) is 0 Å². The summed E-state index contributed by atoms with van der Waals surface area (Å²) in [5.41, 5.74) is 14.7. The van der Waals surface area contributed by atoms with Crippen LogP contribution in [0.5, 0.6) is 0 Å².